The number of hydrogen-bond acceptors (Lipinski definition) is 4. The Bertz CT molecular complexity index is 1130. The molecule has 5 nitrogen and oxygen atoms in total. The van der Waals surface area contributed by atoms with Gasteiger partial charge in [-0.25, -0.2) is 0 Å². The highest BCUT2D eigenvalue weighted by Gasteiger charge is 2.38. The van der Waals surface area contributed by atoms with Crippen LogP contribution < -0.4 is 0 Å². The van der Waals surface area contributed by atoms with Crippen molar-refractivity contribution in [2.45, 2.75) is 18.9 Å². The van der Waals surface area contributed by atoms with Crippen LogP contribution in [0.2, 0.25) is 0 Å². The van der Waals surface area contributed by atoms with Gasteiger partial charge in [0.05, 0.1) is 15.8 Å². The quantitative estimate of drug-likeness (QED) is 0.444. The zero-order valence-corrected chi connectivity index (χ0v) is 16.4. The number of carbonyl (C=O) groups is 1. The van der Waals surface area contributed by atoms with Gasteiger partial charge in [0.15, 0.2) is 0 Å². The van der Waals surface area contributed by atoms with Gasteiger partial charge in [0, 0.05) is 18.7 Å². The topological polar surface area (TPSA) is 63.5 Å². The number of amides is 1. The Kier molecular flexibility index (Phi) is 4.28. The van der Waals surface area contributed by atoms with Crippen molar-refractivity contribution in [2.75, 3.05) is 6.54 Å². The third-order valence-corrected chi connectivity index (χ3v) is 6.63. The maximum absolute atomic E-state index is 13.3. The van der Waals surface area contributed by atoms with Gasteiger partial charge in [-0.2, -0.15) is 0 Å². The van der Waals surface area contributed by atoms with Crippen molar-refractivity contribution in [1.82, 2.24) is 4.90 Å². The molecule has 1 unspecified atom stereocenters. The summed E-state index contributed by atoms with van der Waals surface area (Å²) in [6.45, 7) is 0.631. The molecule has 29 heavy (non-hydrogen) atoms. The molecule has 1 amide bonds. The van der Waals surface area contributed by atoms with Crippen molar-refractivity contribution in [3.05, 3.63) is 103 Å². The van der Waals surface area contributed by atoms with Crippen molar-refractivity contribution >= 4 is 28.5 Å². The van der Waals surface area contributed by atoms with Crippen LogP contribution in [0.25, 0.3) is 5.57 Å². The first-order chi connectivity index (χ1) is 14.1. The zero-order valence-electron chi connectivity index (χ0n) is 15.6. The van der Waals surface area contributed by atoms with Crippen LogP contribution in [0.1, 0.15) is 38.8 Å². The first-order valence-electron chi connectivity index (χ1n) is 9.52. The van der Waals surface area contributed by atoms with E-state index in [1.807, 2.05) is 28.5 Å². The predicted molar refractivity (Wildman–Crippen MR) is 113 cm³/mol. The Morgan fingerprint density at radius 3 is 2.59 bits per heavy atom. The lowest BCUT2D eigenvalue weighted by atomic mass is 9.88. The first-order valence-corrected chi connectivity index (χ1v) is 10.4. The summed E-state index contributed by atoms with van der Waals surface area (Å²) in [5.41, 5.74) is 6.09. The molecule has 2 aromatic carbocycles. The van der Waals surface area contributed by atoms with Gasteiger partial charge < -0.3 is 4.90 Å². The number of non-ortho nitro benzene ring substituents is 1. The Hall–Kier alpha value is -3.25. The third-order valence-electron chi connectivity index (χ3n) is 5.77. The van der Waals surface area contributed by atoms with Gasteiger partial charge in [-0.05, 0) is 64.3 Å². The van der Waals surface area contributed by atoms with Gasteiger partial charge in [-0.15, -0.1) is 11.3 Å². The van der Waals surface area contributed by atoms with Crippen LogP contribution in [0.3, 0.4) is 0 Å². The minimum atomic E-state index is -0.394. The Morgan fingerprint density at radius 2 is 1.86 bits per heavy atom. The number of thiophene rings is 1. The fourth-order valence-corrected chi connectivity index (χ4v) is 5.16. The lowest BCUT2D eigenvalue weighted by Crippen LogP contribution is -2.39. The molecule has 1 atom stereocenters. The summed E-state index contributed by atoms with van der Waals surface area (Å²) in [6, 6.07) is 18.6. The molecule has 0 fully saturated rings. The Morgan fingerprint density at radius 1 is 1.07 bits per heavy atom. The van der Waals surface area contributed by atoms with Crippen molar-refractivity contribution in [1.29, 1.82) is 0 Å². The average Bonchev–Trinajstić information content (AvgIpc) is 3.40. The Labute approximate surface area is 172 Å². The maximum atomic E-state index is 13.3. The fourth-order valence-electron chi connectivity index (χ4n) is 4.48. The molecular formula is C23H18N2O3S. The van der Waals surface area contributed by atoms with Crippen LogP contribution in [0.4, 0.5) is 5.69 Å². The number of hydrogen-bond donors (Lipinski definition) is 0. The van der Waals surface area contributed by atoms with E-state index >= 15 is 0 Å². The summed E-state index contributed by atoms with van der Waals surface area (Å²) >= 11 is 1.44. The summed E-state index contributed by atoms with van der Waals surface area (Å²) in [5, 5.41) is 13.0. The van der Waals surface area contributed by atoms with Crippen LogP contribution in [0.5, 0.6) is 0 Å². The number of nitro groups is 1. The highest BCUT2D eigenvalue weighted by molar-refractivity contribution is 7.12. The van der Waals surface area contributed by atoms with Gasteiger partial charge in [0.1, 0.15) is 0 Å². The average molecular weight is 402 g/mol. The smallest absolute Gasteiger partial charge is 0.269 e. The summed E-state index contributed by atoms with van der Waals surface area (Å²) in [6.07, 6.45) is 1.63. The summed E-state index contributed by atoms with van der Waals surface area (Å²) in [4.78, 5) is 26.6. The van der Waals surface area contributed by atoms with E-state index in [1.165, 1.54) is 45.7 Å². The number of carbonyl (C=O) groups excluding carboxylic acids is 1. The molecule has 0 bridgehead atoms. The molecule has 1 aliphatic carbocycles. The number of nitrogens with zero attached hydrogens (tertiary/aromatic N) is 2. The maximum Gasteiger partial charge on any atom is 0.269 e. The van der Waals surface area contributed by atoms with E-state index < -0.39 is 4.92 Å². The monoisotopic (exact) mass is 402 g/mol. The molecule has 6 heteroatoms. The SMILES string of the molecule is O=C(c1cccs1)N1CCC2=C(Cc3ccccc32)C1c1ccc([N+](=O)[O-])cc1. The fraction of sp³-hybridized carbons (Fsp3) is 0.174. The van der Waals surface area contributed by atoms with Crippen molar-refractivity contribution in [2.24, 2.45) is 0 Å². The summed E-state index contributed by atoms with van der Waals surface area (Å²) in [7, 11) is 0. The minimum Gasteiger partial charge on any atom is -0.327 e. The summed E-state index contributed by atoms with van der Waals surface area (Å²) < 4.78 is 0. The number of rotatable bonds is 3. The van der Waals surface area contributed by atoms with Crippen molar-refractivity contribution in [3.8, 4) is 0 Å². The second kappa shape index (κ2) is 6.97. The summed E-state index contributed by atoms with van der Waals surface area (Å²) in [5.74, 6) is 0.0193. The zero-order chi connectivity index (χ0) is 20.0. The van der Waals surface area contributed by atoms with E-state index in [2.05, 4.69) is 18.2 Å². The van der Waals surface area contributed by atoms with Crippen LogP contribution in [0.15, 0.2) is 71.6 Å². The molecule has 1 aliphatic heterocycles. The molecule has 0 spiro atoms. The molecular weight excluding hydrogens is 384 g/mol. The van der Waals surface area contributed by atoms with Crippen LogP contribution in [-0.2, 0) is 6.42 Å². The van der Waals surface area contributed by atoms with E-state index in [0.717, 1.165) is 23.3 Å². The van der Waals surface area contributed by atoms with E-state index in [9.17, 15) is 14.9 Å². The molecule has 2 aliphatic rings. The highest BCUT2D eigenvalue weighted by atomic mass is 32.1. The second-order valence-electron chi connectivity index (χ2n) is 7.31. The molecule has 1 aromatic heterocycles. The van der Waals surface area contributed by atoms with Crippen LogP contribution in [0, 0.1) is 10.1 Å². The number of fused-ring (bicyclic) bond motifs is 2. The molecule has 0 N–H and O–H groups in total. The van der Waals surface area contributed by atoms with Crippen LogP contribution in [-0.4, -0.2) is 22.3 Å². The largest absolute Gasteiger partial charge is 0.327 e. The molecule has 5 rings (SSSR count). The van der Waals surface area contributed by atoms with Gasteiger partial charge >= 0.3 is 0 Å². The minimum absolute atomic E-state index is 0.0193. The molecule has 0 radical (unpaired) electrons. The van der Waals surface area contributed by atoms with Crippen molar-refractivity contribution < 1.29 is 9.72 Å². The van der Waals surface area contributed by atoms with E-state index in [0.29, 0.717) is 6.54 Å². The van der Waals surface area contributed by atoms with Gasteiger partial charge in [0.2, 0.25) is 0 Å². The lowest BCUT2D eigenvalue weighted by Gasteiger charge is -2.37. The highest BCUT2D eigenvalue weighted by Crippen LogP contribution is 2.47. The third kappa shape index (κ3) is 2.96. The lowest BCUT2D eigenvalue weighted by molar-refractivity contribution is -0.384. The van der Waals surface area contributed by atoms with E-state index in [-0.39, 0.29) is 17.6 Å². The molecule has 144 valence electrons. The van der Waals surface area contributed by atoms with Gasteiger partial charge in [-0.3, -0.25) is 14.9 Å². The standard InChI is InChI=1S/C23H18N2O3S/c26-23(21-6-3-13-29-21)24-12-11-19-18-5-2-1-4-16(18)14-20(19)22(24)15-7-9-17(10-8-15)25(27)28/h1-10,13,22H,11-12,14H2. The molecule has 2 heterocycles. The first kappa shape index (κ1) is 17.8. The second-order valence-corrected chi connectivity index (χ2v) is 8.26. The van der Waals surface area contributed by atoms with Gasteiger partial charge in [0.25, 0.3) is 11.6 Å². The van der Waals surface area contributed by atoms with Gasteiger partial charge in [-0.1, -0.05) is 30.3 Å². The van der Waals surface area contributed by atoms with Crippen molar-refractivity contribution in [3.63, 3.8) is 0 Å². The Balaban J connectivity index is 1.61. The predicted octanol–water partition coefficient (Wildman–Crippen LogP) is 5.25. The molecule has 0 saturated carbocycles. The number of benzene rings is 2. The molecule has 3 aromatic rings. The van der Waals surface area contributed by atoms with E-state index in [4.69, 9.17) is 0 Å². The van der Waals surface area contributed by atoms with E-state index in [1.54, 1.807) is 12.1 Å². The van der Waals surface area contributed by atoms with Crippen LogP contribution >= 0.6 is 11.3 Å². The normalized spacial score (nSPS) is 17.8. The molecule has 0 saturated heterocycles. The number of nitro benzene ring substituents is 1.